The van der Waals surface area contributed by atoms with Gasteiger partial charge in [0.25, 0.3) is 0 Å². The summed E-state index contributed by atoms with van der Waals surface area (Å²) in [5, 5.41) is 4.36. The predicted molar refractivity (Wildman–Crippen MR) is 90.3 cm³/mol. The van der Waals surface area contributed by atoms with E-state index in [1.807, 2.05) is 43.3 Å². The quantitative estimate of drug-likeness (QED) is 0.428. The first-order chi connectivity index (χ1) is 10.8. The van der Waals surface area contributed by atoms with E-state index in [9.17, 15) is 4.79 Å². The van der Waals surface area contributed by atoms with Crippen molar-refractivity contribution in [2.24, 2.45) is 0 Å². The first-order valence-electron chi connectivity index (χ1n) is 7.26. The highest BCUT2D eigenvalue weighted by molar-refractivity contribution is 7.95. The molecule has 0 saturated carbocycles. The molecule has 4 nitrogen and oxygen atoms in total. The van der Waals surface area contributed by atoms with Crippen molar-refractivity contribution in [2.45, 2.75) is 11.8 Å². The summed E-state index contributed by atoms with van der Waals surface area (Å²) in [7, 11) is 0. The van der Waals surface area contributed by atoms with E-state index in [1.54, 1.807) is 6.07 Å². The van der Waals surface area contributed by atoms with E-state index in [0.717, 1.165) is 18.0 Å². The molecule has 2 aromatic carbocycles. The zero-order chi connectivity index (χ0) is 15.4. The third-order valence-electron chi connectivity index (χ3n) is 3.33. The van der Waals surface area contributed by atoms with E-state index in [-0.39, 0.29) is 5.43 Å². The molecule has 0 spiro atoms. The SMILES string of the molecule is CCNCCOSc1cccc2oc3ccccc3c(=O)c12. The number of fused-ring (bicyclic) bond motifs is 2. The summed E-state index contributed by atoms with van der Waals surface area (Å²) < 4.78 is 11.4. The maximum absolute atomic E-state index is 12.7. The first-order valence-corrected chi connectivity index (χ1v) is 8.00. The lowest BCUT2D eigenvalue weighted by Crippen LogP contribution is -2.17. The number of rotatable bonds is 6. The minimum Gasteiger partial charge on any atom is -0.456 e. The lowest BCUT2D eigenvalue weighted by atomic mass is 10.1. The van der Waals surface area contributed by atoms with Gasteiger partial charge in [-0.05, 0) is 30.8 Å². The highest BCUT2D eigenvalue weighted by Gasteiger charge is 2.11. The van der Waals surface area contributed by atoms with Crippen LogP contribution in [0.25, 0.3) is 21.9 Å². The molecule has 0 radical (unpaired) electrons. The molecule has 1 heterocycles. The Morgan fingerprint density at radius 3 is 2.82 bits per heavy atom. The van der Waals surface area contributed by atoms with Crippen LogP contribution in [-0.2, 0) is 4.18 Å². The monoisotopic (exact) mass is 315 g/mol. The second-order valence-electron chi connectivity index (χ2n) is 4.82. The van der Waals surface area contributed by atoms with Crippen LogP contribution in [0.3, 0.4) is 0 Å². The van der Waals surface area contributed by atoms with Gasteiger partial charge in [-0.3, -0.25) is 4.79 Å². The average molecular weight is 315 g/mol. The summed E-state index contributed by atoms with van der Waals surface area (Å²) >= 11 is 1.22. The molecule has 0 aliphatic heterocycles. The molecule has 3 rings (SSSR count). The Bertz CT molecular complexity index is 844. The molecule has 0 amide bonds. The van der Waals surface area contributed by atoms with Crippen LogP contribution in [0.15, 0.2) is 56.6 Å². The highest BCUT2D eigenvalue weighted by Crippen LogP contribution is 2.28. The molecular weight excluding hydrogens is 298 g/mol. The third-order valence-corrected chi connectivity index (χ3v) is 4.13. The Labute approximate surface area is 132 Å². The van der Waals surface area contributed by atoms with Crippen LogP contribution in [0.5, 0.6) is 0 Å². The topological polar surface area (TPSA) is 51.5 Å². The minimum atomic E-state index is -0.0183. The zero-order valence-electron chi connectivity index (χ0n) is 12.3. The highest BCUT2D eigenvalue weighted by atomic mass is 32.2. The van der Waals surface area contributed by atoms with Crippen molar-refractivity contribution in [2.75, 3.05) is 19.7 Å². The van der Waals surface area contributed by atoms with Gasteiger partial charge in [0.2, 0.25) is 5.43 Å². The van der Waals surface area contributed by atoms with Crippen molar-refractivity contribution in [1.29, 1.82) is 0 Å². The lowest BCUT2D eigenvalue weighted by molar-refractivity contribution is 0.368. The normalized spacial score (nSPS) is 11.3. The van der Waals surface area contributed by atoms with Crippen LogP contribution in [0.4, 0.5) is 0 Å². The number of hydrogen-bond donors (Lipinski definition) is 1. The maximum atomic E-state index is 12.7. The van der Waals surface area contributed by atoms with Crippen LogP contribution >= 0.6 is 12.0 Å². The zero-order valence-corrected chi connectivity index (χ0v) is 13.1. The molecule has 5 heteroatoms. The summed E-state index contributed by atoms with van der Waals surface area (Å²) in [5.41, 5.74) is 1.18. The van der Waals surface area contributed by atoms with Gasteiger partial charge in [-0.15, -0.1) is 0 Å². The smallest absolute Gasteiger partial charge is 0.201 e. The summed E-state index contributed by atoms with van der Waals surface area (Å²) in [5.74, 6) is 0. The van der Waals surface area contributed by atoms with Gasteiger partial charge in [0.05, 0.1) is 22.3 Å². The third kappa shape index (κ3) is 3.02. The maximum Gasteiger partial charge on any atom is 0.201 e. The molecule has 0 unspecified atom stereocenters. The molecule has 0 fully saturated rings. The first kappa shape index (κ1) is 15.1. The summed E-state index contributed by atoms with van der Waals surface area (Å²) in [6.45, 7) is 4.33. The van der Waals surface area contributed by atoms with E-state index in [0.29, 0.717) is 28.5 Å². The fraction of sp³-hybridized carbons (Fsp3) is 0.235. The molecular formula is C17H17NO3S. The molecule has 1 aromatic heterocycles. The van der Waals surface area contributed by atoms with Crippen LogP contribution in [0.2, 0.25) is 0 Å². The van der Waals surface area contributed by atoms with Gasteiger partial charge in [-0.1, -0.05) is 25.1 Å². The van der Waals surface area contributed by atoms with Crippen molar-refractivity contribution in [3.05, 3.63) is 52.7 Å². The number of nitrogens with one attached hydrogen (secondary N) is 1. The lowest BCUT2D eigenvalue weighted by Gasteiger charge is -2.07. The fourth-order valence-corrected chi connectivity index (χ4v) is 2.99. The summed E-state index contributed by atoms with van der Waals surface area (Å²) in [6.07, 6.45) is 0. The van der Waals surface area contributed by atoms with E-state index in [4.69, 9.17) is 8.60 Å². The van der Waals surface area contributed by atoms with Gasteiger partial charge in [-0.2, -0.15) is 0 Å². The van der Waals surface area contributed by atoms with Crippen molar-refractivity contribution >= 4 is 34.0 Å². The van der Waals surface area contributed by atoms with E-state index in [2.05, 4.69) is 5.32 Å². The number of hydrogen-bond acceptors (Lipinski definition) is 5. The Morgan fingerprint density at radius 1 is 1.14 bits per heavy atom. The molecule has 0 atom stereocenters. The largest absolute Gasteiger partial charge is 0.456 e. The molecule has 0 aliphatic rings. The standard InChI is InChI=1S/C17H17NO3S/c1-2-18-10-11-20-22-15-9-5-8-14-16(15)17(19)12-6-3-4-7-13(12)21-14/h3-9,18H,2,10-11H2,1H3. The fourth-order valence-electron chi connectivity index (χ4n) is 2.28. The van der Waals surface area contributed by atoms with E-state index < -0.39 is 0 Å². The van der Waals surface area contributed by atoms with Crippen molar-refractivity contribution in [3.63, 3.8) is 0 Å². The van der Waals surface area contributed by atoms with Gasteiger partial charge in [0, 0.05) is 18.6 Å². The van der Waals surface area contributed by atoms with Crippen molar-refractivity contribution in [1.82, 2.24) is 5.32 Å². The second-order valence-corrected chi connectivity index (χ2v) is 5.66. The Morgan fingerprint density at radius 2 is 1.95 bits per heavy atom. The van der Waals surface area contributed by atoms with Gasteiger partial charge in [0.1, 0.15) is 11.2 Å². The molecule has 0 saturated heterocycles. The molecule has 1 N–H and O–H groups in total. The molecule has 0 bridgehead atoms. The van der Waals surface area contributed by atoms with E-state index in [1.165, 1.54) is 12.0 Å². The Kier molecular flexibility index (Phi) is 4.77. The Hall–Kier alpha value is -1.82. The molecule has 22 heavy (non-hydrogen) atoms. The number of benzene rings is 2. The summed E-state index contributed by atoms with van der Waals surface area (Å²) in [6, 6.07) is 12.9. The van der Waals surface area contributed by atoms with Gasteiger partial charge >= 0.3 is 0 Å². The second kappa shape index (κ2) is 6.96. The van der Waals surface area contributed by atoms with Crippen LogP contribution in [0.1, 0.15) is 6.92 Å². The van der Waals surface area contributed by atoms with Gasteiger partial charge in [-0.25, -0.2) is 0 Å². The summed E-state index contributed by atoms with van der Waals surface area (Å²) in [4.78, 5) is 13.5. The molecule has 3 aromatic rings. The Balaban J connectivity index is 1.97. The predicted octanol–water partition coefficient (Wildman–Crippen LogP) is 3.58. The van der Waals surface area contributed by atoms with Gasteiger partial charge < -0.3 is 13.9 Å². The van der Waals surface area contributed by atoms with E-state index >= 15 is 0 Å². The van der Waals surface area contributed by atoms with Crippen molar-refractivity contribution in [3.8, 4) is 0 Å². The van der Waals surface area contributed by atoms with Crippen LogP contribution in [0, 0.1) is 0 Å². The minimum absolute atomic E-state index is 0.0183. The molecule has 114 valence electrons. The van der Waals surface area contributed by atoms with Crippen LogP contribution in [-0.4, -0.2) is 19.7 Å². The number of para-hydroxylation sites is 1. The van der Waals surface area contributed by atoms with Crippen LogP contribution < -0.4 is 10.7 Å². The van der Waals surface area contributed by atoms with Gasteiger partial charge in [0.15, 0.2) is 0 Å². The average Bonchev–Trinajstić information content (AvgIpc) is 2.55. The molecule has 0 aliphatic carbocycles. The number of likely N-dealkylation sites (N-methyl/N-ethyl adjacent to an activating group) is 1. The van der Waals surface area contributed by atoms with Crippen molar-refractivity contribution < 1.29 is 8.60 Å².